The molecule has 0 unspecified atom stereocenters. The zero-order chi connectivity index (χ0) is 16.6. The normalized spacial score (nSPS) is 10.8. The van der Waals surface area contributed by atoms with Gasteiger partial charge in [0.2, 0.25) is 0 Å². The quantitative estimate of drug-likeness (QED) is 0.389. The van der Waals surface area contributed by atoms with Gasteiger partial charge in [-0.1, -0.05) is 48.6 Å². The maximum absolute atomic E-state index is 11.2. The second kappa shape index (κ2) is 8.38. The summed E-state index contributed by atoms with van der Waals surface area (Å²) in [7, 11) is -4.54. The van der Waals surface area contributed by atoms with E-state index in [-0.39, 0.29) is 10.6 Å². The third-order valence-electron chi connectivity index (χ3n) is 2.56. The van der Waals surface area contributed by atoms with E-state index >= 15 is 0 Å². The molecule has 0 radical (unpaired) electrons. The second-order valence-corrected chi connectivity index (χ2v) is 5.96. The number of nitrogen functional groups attached to an aromatic ring is 1. The summed E-state index contributed by atoms with van der Waals surface area (Å²) in [5.74, 6) is 0. The van der Waals surface area contributed by atoms with Crippen LogP contribution >= 0.6 is 0 Å². The Labute approximate surface area is 134 Å². The van der Waals surface area contributed by atoms with Crippen molar-refractivity contribution in [1.29, 1.82) is 4.78 Å². The number of hydrogen-bond donors (Lipinski definition) is 2. The van der Waals surface area contributed by atoms with Crippen LogP contribution in [0.3, 0.4) is 0 Å². The molecule has 0 aliphatic carbocycles. The first kappa shape index (κ1) is 18.0. The number of nitrogens with two attached hydrogens (primary N) is 1. The van der Waals surface area contributed by atoms with Crippen LogP contribution in [0.1, 0.15) is 11.1 Å². The van der Waals surface area contributed by atoms with E-state index in [1.54, 1.807) is 24.5 Å². The lowest BCUT2D eigenvalue weighted by molar-refractivity contribution is 0.463. The van der Waals surface area contributed by atoms with Gasteiger partial charge in [-0.25, -0.2) is 8.42 Å². The maximum Gasteiger partial charge on any atom is 0.304 e. The van der Waals surface area contributed by atoms with Crippen molar-refractivity contribution in [2.75, 3.05) is 12.0 Å². The van der Waals surface area contributed by atoms with E-state index in [4.69, 9.17) is 10.5 Å². The lowest BCUT2D eigenvalue weighted by Crippen LogP contribution is -2.02. The van der Waals surface area contributed by atoms with Gasteiger partial charge >= 0.3 is 11.6 Å². The molecule has 0 aromatic heterocycles. The molecule has 0 aliphatic heterocycles. The highest BCUT2D eigenvalue weighted by atomic mass is 32.2. The van der Waals surface area contributed by atoms with E-state index in [2.05, 4.69) is 0 Å². The van der Waals surface area contributed by atoms with Crippen LogP contribution in [-0.2, 0) is 21.7 Å². The van der Waals surface area contributed by atoms with Gasteiger partial charge in [-0.2, -0.15) is 0 Å². The molecule has 0 saturated carbocycles. The fourth-order valence-corrected chi connectivity index (χ4v) is 2.36. The Morgan fingerprint density at radius 3 is 2.27 bits per heavy atom. The predicted octanol–water partition coefficient (Wildman–Crippen LogP) is 2.80. The van der Waals surface area contributed by atoms with Crippen LogP contribution in [0.5, 0.6) is 0 Å². The Hall–Kier alpha value is -2.09. The topological polar surface area (TPSA) is 107 Å². The van der Waals surface area contributed by atoms with Gasteiger partial charge in [0, 0.05) is 5.69 Å². The first-order valence-electron chi connectivity index (χ1n) is 6.16. The summed E-state index contributed by atoms with van der Waals surface area (Å²) in [5, 5.41) is 0. The highest BCUT2D eigenvalue weighted by Crippen LogP contribution is 2.21. The molecule has 0 bridgehead atoms. The minimum Gasteiger partial charge on any atom is -0.744 e. The summed E-state index contributed by atoms with van der Waals surface area (Å²) in [6.45, 7) is 0. The predicted molar refractivity (Wildman–Crippen MR) is 90.2 cm³/mol. The van der Waals surface area contributed by atoms with Crippen molar-refractivity contribution >= 4 is 39.5 Å². The van der Waals surface area contributed by atoms with Crippen LogP contribution in [-0.4, -0.2) is 19.2 Å². The van der Waals surface area contributed by atoms with Crippen LogP contribution in [0.2, 0.25) is 0 Å². The molecule has 0 aliphatic rings. The monoisotopic (exact) mass is 336 g/mol. The fourth-order valence-electron chi connectivity index (χ4n) is 1.66. The summed E-state index contributed by atoms with van der Waals surface area (Å²) in [5.41, 5.74) is 6.98. The fraction of sp³-hybridized carbons (Fsp3) is 0.0667. The molecule has 0 atom stereocenters. The molecule has 0 amide bonds. The molecule has 7 heteroatoms. The Bertz CT molecular complexity index is 758. The average Bonchev–Trinajstić information content (AvgIpc) is 2.47. The number of hydrogen-bond acceptors (Lipinski definition) is 5. The molecule has 2 aromatic carbocycles. The van der Waals surface area contributed by atoms with E-state index in [0.717, 1.165) is 17.1 Å². The third-order valence-corrected chi connectivity index (χ3v) is 3.45. The maximum atomic E-state index is 11.2. The van der Waals surface area contributed by atoms with Crippen LogP contribution < -0.4 is 5.73 Å². The van der Waals surface area contributed by atoms with Crippen molar-refractivity contribution in [2.45, 2.75) is 4.90 Å². The minimum atomic E-state index is -4.54. The smallest absolute Gasteiger partial charge is 0.304 e. The summed E-state index contributed by atoms with van der Waals surface area (Å²) in [6, 6.07) is 13.6. The summed E-state index contributed by atoms with van der Waals surface area (Å²) in [6.07, 6.45) is 5.03. The third kappa shape index (κ3) is 5.72. The Kier molecular flexibility index (Phi) is 6.84. The number of nitrogens with one attached hydrogen (secondary N) is 1. The largest absolute Gasteiger partial charge is 0.744 e. The summed E-state index contributed by atoms with van der Waals surface area (Å²) in [4.78, 5) is -0.306. The number of anilines is 1. The molecule has 5 nitrogen and oxygen atoms in total. The van der Waals surface area contributed by atoms with Gasteiger partial charge in [0.15, 0.2) is 6.26 Å². The summed E-state index contributed by atoms with van der Waals surface area (Å²) >= 11 is 1.000. The van der Waals surface area contributed by atoms with E-state index in [1.807, 2.05) is 30.3 Å². The summed E-state index contributed by atoms with van der Waals surface area (Å²) < 4.78 is 39.6. The Morgan fingerprint density at radius 1 is 1.14 bits per heavy atom. The van der Waals surface area contributed by atoms with Gasteiger partial charge in [0.05, 0.1) is 4.90 Å². The zero-order valence-electron chi connectivity index (χ0n) is 11.9. The van der Waals surface area contributed by atoms with Crippen LogP contribution in [0.25, 0.3) is 12.2 Å². The van der Waals surface area contributed by atoms with Gasteiger partial charge in [-0.15, -0.1) is 0 Å². The van der Waals surface area contributed by atoms with Crippen molar-refractivity contribution < 1.29 is 13.0 Å². The molecule has 2 aromatic rings. The molecule has 116 valence electrons. The average molecular weight is 336 g/mol. The first-order chi connectivity index (χ1) is 10.4. The molecule has 2 rings (SSSR count). The van der Waals surface area contributed by atoms with Crippen molar-refractivity contribution in [3.05, 3.63) is 59.7 Å². The SMILES string of the molecule is C[S+]=N.Nc1ccc(C=Cc2ccccc2)c(S(=O)(=O)[O-])c1. The van der Waals surface area contributed by atoms with E-state index < -0.39 is 10.1 Å². The number of benzene rings is 2. The van der Waals surface area contributed by atoms with Crippen molar-refractivity contribution in [2.24, 2.45) is 0 Å². The van der Waals surface area contributed by atoms with E-state index in [0.29, 0.717) is 5.56 Å². The van der Waals surface area contributed by atoms with Gasteiger partial charge in [-0.05, 0) is 28.0 Å². The van der Waals surface area contributed by atoms with Gasteiger partial charge in [0.1, 0.15) is 10.1 Å². The number of rotatable bonds is 3. The van der Waals surface area contributed by atoms with E-state index in [9.17, 15) is 13.0 Å². The van der Waals surface area contributed by atoms with Crippen LogP contribution in [0.4, 0.5) is 5.69 Å². The van der Waals surface area contributed by atoms with Gasteiger partial charge in [-0.3, -0.25) is 0 Å². The minimum absolute atomic E-state index is 0.242. The highest BCUT2D eigenvalue weighted by molar-refractivity contribution is 7.85. The molecular weight excluding hydrogens is 320 g/mol. The second-order valence-electron chi connectivity index (χ2n) is 4.20. The van der Waals surface area contributed by atoms with Crippen molar-refractivity contribution in [3.8, 4) is 0 Å². The molecule has 22 heavy (non-hydrogen) atoms. The zero-order valence-corrected chi connectivity index (χ0v) is 13.5. The van der Waals surface area contributed by atoms with Crippen molar-refractivity contribution in [3.63, 3.8) is 0 Å². The standard InChI is InChI=1S/C14H13NO3S.CH4NS/c15-13-9-8-12(14(10-13)19(16,17)18)7-6-11-4-2-1-3-5-11;1-3-2/h1-10H,15H2,(H,16,17,18);2H,1H3/q;+1/p-1. The van der Waals surface area contributed by atoms with Crippen LogP contribution in [0, 0.1) is 4.78 Å². The van der Waals surface area contributed by atoms with Crippen molar-refractivity contribution in [1.82, 2.24) is 0 Å². The van der Waals surface area contributed by atoms with E-state index in [1.165, 1.54) is 12.1 Å². The van der Waals surface area contributed by atoms with Gasteiger partial charge in [0.25, 0.3) is 0 Å². The molecule has 3 N–H and O–H groups in total. The molecular formula is C15H16N2O3S2. The molecule has 0 spiro atoms. The van der Waals surface area contributed by atoms with Gasteiger partial charge < -0.3 is 10.3 Å². The Morgan fingerprint density at radius 2 is 1.73 bits per heavy atom. The lowest BCUT2D eigenvalue weighted by atomic mass is 10.1. The molecule has 0 heterocycles. The molecule has 0 saturated heterocycles. The molecule has 0 fully saturated rings. The lowest BCUT2D eigenvalue weighted by Gasteiger charge is -2.11. The highest BCUT2D eigenvalue weighted by Gasteiger charge is 2.07. The first-order valence-corrected chi connectivity index (χ1v) is 8.80. The Balaban J connectivity index is 0.000000745. The van der Waals surface area contributed by atoms with Crippen LogP contribution in [0.15, 0.2) is 53.4 Å².